The summed E-state index contributed by atoms with van der Waals surface area (Å²) in [5.41, 5.74) is 0.358. The van der Waals surface area contributed by atoms with E-state index in [0.717, 1.165) is 6.26 Å². The van der Waals surface area contributed by atoms with Crippen molar-refractivity contribution < 1.29 is 17.6 Å². The predicted octanol–water partition coefficient (Wildman–Crippen LogP) is 1.76. The van der Waals surface area contributed by atoms with Gasteiger partial charge in [-0.1, -0.05) is 18.2 Å². The number of Topliss-reactive ketones (excluding diaryl/α,β-unsaturated/α-hetero) is 1. The van der Waals surface area contributed by atoms with Crippen molar-refractivity contribution in [1.82, 2.24) is 0 Å². The van der Waals surface area contributed by atoms with E-state index in [-0.39, 0.29) is 24.4 Å². The van der Waals surface area contributed by atoms with E-state index in [2.05, 4.69) is 0 Å². The van der Waals surface area contributed by atoms with Gasteiger partial charge in [0.25, 0.3) is 0 Å². The van der Waals surface area contributed by atoms with E-state index in [9.17, 15) is 17.6 Å². The summed E-state index contributed by atoms with van der Waals surface area (Å²) in [6.07, 6.45) is 1.62. The largest absolute Gasteiger partial charge is 0.299 e. The monoisotopic (exact) mass is 258 g/mol. The lowest BCUT2D eigenvalue weighted by Gasteiger charge is -2.02. The molecule has 0 N–H and O–H groups in total. The molecule has 1 rings (SSSR count). The van der Waals surface area contributed by atoms with Gasteiger partial charge in [0.1, 0.15) is 21.4 Å². The summed E-state index contributed by atoms with van der Waals surface area (Å²) >= 11 is 0. The molecule has 0 saturated carbocycles. The van der Waals surface area contributed by atoms with Crippen molar-refractivity contribution in [2.45, 2.75) is 19.3 Å². The average molecular weight is 258 g/mol. The van der Waals surface area contributed by atoms with Gasteiger partial charge < -0.3 is 0 Å². The summed E-state index contributed by atoms with van der Waals surface area (Å²) in [6, 6.07) is 6.10. The van der Waals surface area contributed by atoms with Gasteiger partial charge >= 0.3 is 0 Å². The molecule has 0 aliphatic carbocycles. The third-order valence-corrected chi connectivity index (χ3v) is 3.35. The lowest BCUT2D eigenvalue weighted by atomic mass is 10.1. The SMILES string of the molecule is CS(=O)(=O)CCCC(=O)Cc1ccccc1F. The molecular weight excluding hydrogens is 243 g/mol. The molecule has 0 aliphatic rings. The summed E-state index contributed by atoms with van der Waals surface area (Å²) < 4.78 is 34.9. The zero-order valence-corrected chi connectivity index (χ0v) is 10.5. The Morgan fingerprint density at radius 1 is 1.29 bits per heavy atom. The molecule has 0 unspecified atom stereocenters. The lowest BCUT2D eigenvalue weighted by Crippen LogP contribution is -2.08. The number of carbonyl (C=O) groups excluding carboxylic acids is 1. The number of ketones is 1. The van der Waals surface area contributed by atoms with Gasteiger partial charge in [0.05, 0.1) is 5.75 Å². The molecular formula is C12H15FO3S. The maximum absolute atomic E-state index is 13.2. The number of hydrogen-bond acceptors (Lipinski definition) is 3. The molecule has 0 amide bonds. The highest BCUT2D eigenvalue weighted by atomic mass is 32.2. The van der Waals surface area contributed by atoms with Crippen LogP contribution in [0.3, 0.4) is 0 Å². The fraction of sp³-hybridized carbons (Fsp3) is 0.417. The Kier molecular flexibility index (Phi) is 4.81. The molecule has 0 saturated heterocycles. The molecule has 0 aromatic heterocycles. The molecule has 0 atom stereocenters. The van der Waals surface area contributed by atoms with Crippen LogP contribution in [0.4, 0.5) is 4.39 Å². The van der Waals surface area contributed by atoms with Crippen molar-refractivity contribution in [3.8, 4) is 0 Å². The van der Waals surface area contributed by atoms with E-state index in [0.29, 0.717) is 12.0 Å². The predicted molar refractivity (Wildman–Crippen MR) is 64.1 cm³/mol. The van der Waals surface area contributed by atoms with Crippen LogP contribution in [0.1, 0.15) is 18.4 Å². The van der Waals surface area contributed by atoms with Crippen LogP contribution < -0.4 is 0 Å². The fourth-order valence-corrected chi connectivity index (χ4v) is 2.14. The first-order valence-electron chi connectivity index (χ1n) is 5.31. The molecule has 0 heterocycles. The number of halogens is 1. The topological polar surface area (TPSA) is 51.2 Å². The van der Waals surface area contributed by atoms with Gasteiger partial charge in [-0.2, -0.15) is 0 Å². The molecule has 94 valence electrons. The maximum atomic E-state index is 13.2. The lowest BCUT2D eigenvalue weighted by molar-refractivity contribution is -0.118. The number of carbonyl (C=O) groups is 1. The van der Waals surface area contributed by atoms with Gasteiger partial charge in [-0.15, -0.1) is 0 Å². The Labute approximate surface area is 101 Å². The highest BCUT2D eigenvalue weighted by Crippen LogP contribution is 2.09. The van der Waals surface area contributed by atoms with Gasteiger partial charge in [-0.25, -0.2) is 12.8 Å². The van der Waals surface area contributed by atoms with E-state index in [4.69, 9.17) is 0 Å². The van der Waals surface area contributed by atoms with E-state index in [1.54, 1.807) is 18.2 Å². The standard InChI is InChI=1S/C12H15FO3S/c1-17(15,16)8-4-6-11(14)9-10-5-2-3-7-12(10)13/h2-3,5,7H,4,6,8-9H2,1H3. The van der Waals surface area contributed by atoms with Crippen molar-refractivity contribution in [3.05, 3.63) is 35.6 Å². The van der Waals surface area contributed by atoms with E-state index in [1.807, 2.05) is 0 Å². The van der Waals surface area contributed by atoms with E-state index >= 15 is 0 Å². The summed E-state index contributed by atoms with van der Waals surface area (Å²) in [4.78, 5) is 11.5. The van der Waals surface area contributed by atoms with Crippen LogP contribution >= 0.6 is 0 Å². The van der Waals surface area contributed by atoms with E-state index < -0.39 is 15.7 Å². The highest BCUT2D eigenvalue weighted by molar-refractivity contribution is 7.90. The smallest absolute Gasteiger partial charge is 0.147 e. The molecule has 5 heteroatoms. The summed E-state index contributed by atoms with van der Waals surface area (Å²) in [5, 5.41) is 0. The molecule has 1 aromatic rings. The summed E-state index contributed by atoms with van der Waals surface area (Å²) in [5.74, 6) is -0.543. The quantitative estimate of drug-likeness (QED) is 0.781. The van der Waals surface area contributed by atoms with Crippen LogP contribution in [0, 0.1) is 5.82 Å². The van der Waals surface area contributed by atoms with Crippen molar-refractivity contribution >= 4 is 15.6 Å². The van der Waals surface area contributed by atoms with Crippen molar-refractivity contribution in [2.75, 3.05) is 12.0 Å². The molecule has 3 nitrogen and oxygen atoms in total. The molecule has 0 bridgehead atoms. The third-order valence-electron chi connectivity index (χ3n) is 2.32. The molecule has 17 heavy (non-hydrogen) atoms. The van der Waals surface area contributed by atoms with Crippen molar-refractivity contribution in [1.29, 1.82) is 0 Å². The highest BCUT2D eigenvalue weighted by Gasteiger charge is 2.09. The first-order valence-corrected chi connectivity index (χ1v) is 7.37. The Hall–Kier alpha value is -1.23. The Morgan fingerprint density at radius 3 is 2.53 bits per heavy atom. The first kappa shape index (κ1) is 13.8. The van der Waals surface area contributed by atoms with Gasteiger partial charge in [0.15, 0.2) is 0 Å². The van der Waals surface area contributed by atoms with Crippen molar-refractivity contribution in [3.63, 3.8) is 0 Å². The van der Waals surface area contributed by atoms with Crippen LogP contribution in [-0.2, 0) is 21.1 Å². The fourth-order valence-electron chi connectivity index (χ4n) is 1.47. The number of benzene rings is 1. The minimum absolute atomic E-state index is 0.00396. The summed E-state index contributed by atoms with van der Waals surface area (Å²) in [6.45, 7) is 0. The first-order chi connectivity index (χ1) is 7.88. The Morgan fingerprint density at radius 2 is 1.94 bits per heavy atom. The minimum atomic E-state index is -3.03. The Balaban J connectivity index is 2.43. The van der Waals surface area contributed by atoms with Gasteiger partial charge in [-0.3, -0.25) is 4.79 Å². The second-order valence-corrected chi connectivity index (χ2v) is 6.30. The van der Waals surface area contributed by atoms with Gasteiger partial charge in [0.2, 0.25) is 0 Å². The average Bonchev–Trinajstić information content (AvgIpc) is 2.19. The van der Waals surface area contributed by atoms with Crippen LogP contribution in [0.5, 0.6) is 0 Å². The zero-order valence-electron chi connectivity index (χ0n) is 9.65. The summed E-state index contributed by atoms with van der Waals surface area (Å²) in [7, 11) is -3.03. The molecule has 1 aromatic carbocycles. The second-order valence-electron chi connectivity index (χ2n) is 4.04. The second kappa shape index (κ2) is 5.91. The molecule has 0 fully saturated rings. The number of rotatable bonds is 6. The van der Waals surface area contributed by atoms with E-state index in [1.165, 1.54) is 6.07 Å². The number of hydrogen-bond donors (Lipinski definition) is 0. The minimum Gasteiger partial charge on any atom is -0.299 e. The van der Waals surface area contributed by atoms with Crippen LogP contribution in [0.25, 0.3) is 0 Å². The van der Waals surface area contributed by atoms with Crippen molar-refractivity contribution in [2.24, 2.45) is 0 Å². The maximum Gasteiger partial charge on any atom is 0.147 e. The Bertz CT molecular complexity index is 494. The normalized spacial score (nSPS) is 11.4. The van der Waals surface area contributed by atoms with Gasteiger partial charge in [-0.05, 0) is 18.1 Å². The van der Waals surface area contributed by atoms with Gasteiger partial charge in [0, 0.05) is 19.1 Å². The molecule has 0 spiro atoms. The van der Waals surface area contributed by atoms with Crippen LogP contribution in [-0.4, -0.2) is 26.2 Å². The molecule has 0 radical (unpaired) electrons. The van der Waals surface area contributed by atoms with Crippen LogP contribution in [0.2, 0.25) is 0 Å². The zero-order chi connectivity index (χ0) is 12.9. The molecule has 0 aliphatic heterocycles. The van der Waals surface area contributed by atoms with Crippen LogP contribution in [0.15, 0.2) is 24.3 Å². The third kappa shape index (κ3) is 5.58. The number of sulfone groups is 1.